The summed E-state index contributed by atoms with van der Waals surface area (Å²) in [6.07, 6.45) is 0.951. The average molecular weight is 423 g/mol. The van der Waals surface area contributed by atoms with Crippen molar-refractivity contribution >= 4 is 34.2 Å². The highest BCUT2D eigenvalue weighted by atomic mass is 35.5. The molecule has 0 fully saturated rings. The molecule has 4 nitrogen and oxygen atoms in total. The van der Waals surface area contributed by atoms with Gasteiger partial charge in [-0.2, -0.15) is 0 Å². The Morgan fingerprint density at radius 1 is 1.03 bits per heavy atom. The van der Waals surface area contributed by atoms with Crippen LogP contribution in [0, 0.1) is 0 Å². The van der Waals surface area contributed by atoms with Gasteiger partial charge < -0.3 is 10.2 Å². The topological polar surface area (TPSA) is 49.4 Å². The Morgan fingerprint density at radius 3 is 2.53 bits per heavy atom. The SMILES string of the molecule is CCNC(=O)C(C)N(Cc1cccc(Cl)c1)C(=O)CCc1cccc2ccccc12. The first kappa shape index (κ1) is 21.8. The summed E-state index contributed by atoms with van der Waals surface area (Å²) >= 11 is 6.11. The maximum atomic E-state index is 13.2. The molecule has 0 aliphatic carbocycles. The van der Waals surface area contributed by atoms with Gasteiger partial charge in [0.1, 0.15) is 6.04 Å². The first-order chi connectivity index (χ1) is 14.5. The number of aryl methyl sites for hydroxylation is 1. The van der Waals surface area contributed by atoms with E-state index in [0.717, 1.165) is 21.9 Å². The van der Waals surface area contributed by atoms with Crippen LogP contribution in [0.1, 0.15) is 31.4 Å². The molecule has 156 valence electrons. The first-order valence-electron chi connectivity index (χ1n) is 10.3. The van der Waals surface area contributed by atoms with Crippen LogP contribution < -0.4 is 5.32 Å². The van der Waals surface area contributed by atoms with Crippen molar-refractivity contribution in [1.82, 2.24) is 10.2 Å². The smallest absolute Gasteiger partial charge is 0.242 e. The average Bonchev–Trinajstić information content (AvgIpc) is 2.75. The number of nitrogens with one attached hydrogen (secondary N) is 1. The highest BCUT2D eigenvalue weighted by Crippen LogP contribution is 2.21. The number of likely N-dealkylation sites (N-methyl/N-ethyl adjacent to an activating group) is 1. The van der Waals surface area contributed by atoms with Crippen molar-refractivity contribution in [2.45, 2.75) is 39.3 Å². The van der Waals surface area contributed by atoms with E-state index in [1.807, 2.05) is 43.3 Å². The summed E-state index contributed by atoms with van der Waals surface area (Å²) in [5.41, 5.74) is 2.03. The maximum absolute atomic E-state index is 13.2. The number of fused-ring (bicyclic) bond motifs is 1. The molecule has 0 saturated carbocycles. The molecule has 0 bridgehead atoms. The molecule has 3 aromatic carbocycles. The van der Waals surface area contributed by atoms with Gasteiger partial charge in [0.2, 0.25) is 11.8 Å². The normalized spacial score (nSPS) is 11.8. The van der Waals surface area contributed by atoms with Gasteiger partial charge in [-0.1, -0.05) is 66.2 Å². The van der Waals surface area contributed by atoms with Gasteiger partial charge in [0, 0.05) is 24.5 Å². The number of amides is 2. The zero-order chi connectivity index (χ0) is 21.5. The van der Waals surface area contributed by atoms with Gasteiger partial charge in [0.05, 0.1) is 0 Å². The molecule has 0 saturated heterocycles. The Labute approximate surface area is 182 Å². The lowest BCUT2D eigenvalue weighted by Gasteiger charge is -2.29. The van der Waals surface area contributed by atoms with Crippen LogP contribution in [0.2, 0.25) is 5.02 Å². The summed E-state index contributed by atoms with van der Waals surface area (Å²) in [5, 5.41) is 5.75. The third-order valence-corrected chi connectivity index (χ3v) is 5.48. The number of benzene rings is 3. The number of halogens is 1. The molecule has 2 amide bonds. The molecule has 0 aromatic heterocycles. The van der Waals surface area contributed by atoms with Crippen molar-refractivity contribution in [3.05, 3.63) is 82.9 Å². The second-order valence-corrected chi connectivity index (χ2v) is 7.80. The maximum Gasteiger partial charge on any atom is 0.242 e. The van der Waals surface area contributed by atoms with E-state index < -0.39 is 6.04 Å². The van der Waals surface area contributed by atoms with Crippen LogP contribution in [-0.2, 0) is 22.6 Å². The molecule has 0 aliphatic rings. The Balaban J connectivity index is 1.79. The van der Waals surface area contributed by atoms with Crippen molar-refractivity contribution in [2.24, 2.45) is 0 Å². The highest BCUT2D eigenvalue weighted by molar-refractivity contribution is 6.30. The number of carbonyl (C=O) groups excluding carboxylic acids is 2. The summed E-state index contributed by atoms with van der Waals surface area (Å²) < 4.78 is 0. The van der Waals surface area contributed by atoms with Crippen molar-refractivity contribution in [3.8, 4) is 0 Å². The van der Waals surface area contributed by atoms with E-state index in [1.54, 1.807) is 17.9 Å². The number of hydrogen-bond donors (Lipinski definition) is 1. The van der Waals surface area contributed by atoms with Crippen molar-refractivity contribution in [3.63, 3.8) is 0 Å². The third kappa shape index (κ3) is 5.39. The molecule has 3 rings (SSSR count). The van der Waals surface area contributed by atoms with Crippen molar-refractivity contribution in [1.29, 1.82) is 0 Å². The fraction of sp³-hybridized carbons (Fsp3) is 0.280. The standard InChI is InChI=1S/C25H27ClN2O2/c1-3-27-25(30)18(2)28(17-19-8-6-12-22(26)16-19)24(29)15-14-21-11-7-10-20-9-4-5-13-23(20)21/h4-13,16,18H,3,14-15,17H2,1-2H3,(H,27,30). The number of carbonyl (C=O) groups is 2. The Hall–Kier alpha value is -2.85. The molecule has 0 spiro atoms. The van der Waals surface area contributed by atoms with Gasteiger partial charge in [0.25, 0.3) is 0 Å². The van der Waals surface area contributed by atoms with Crippen molar-refractivity contribution in [2.75, 3.05) is 6.54 Å². The quantitative estimate of drug-likeness (QED) is 0.556. The fourth-order valence-electron chi connectivity index (χ4n) is 3.63. The van der Waals surface area contributed by atoms with Gasteiger partial charge in [-0.25, -0.2) is 0 Å². The Kier molecular flexibility index (Phi) is 7.47. The van der Waals surface area contributed by atoms with Crippen LogP contribution in [0.3, 0.4) is 0 Å². The monoisotopic (exact) mass is 422 g/mol. The molecule has 1 N–H and O–H groups in total. The Bertz CT molecular complexity index is 1030. The molecule has 30 heavy (non-hydrogen) atoms. The molecule has 5 heteroatoms. The lowest BCUT2D eigenvalue weighted by atomic mass is 10.0. The minimum Gasteiger partial charge on any atom is -0.355 e. The van der Waals surface area contributed by atoms with E-state index in [-0.39, 0.29) is 11.8 Å². The molecule has 1 unspecified atom stereocenters. The molecular weight excluding hydrogens is 396 g/mol. The molecule has 0 aliphatic heterocycles. The molecule has 1 atom stereocenters. The van der Waals surface area contributed by atoms with E-state index >= 15 is 0 Å². The zero-order valence-corrected chi connectivity index (χ0v) is 18.2. The van der Waals surface area contributed by atoms with E-state index in [4.69, 9.17) is 11.6 Å². The molecular formula is C25H27ClN2O2. The molecule has 0 heterocycles. The number of hydrogen-bond acceptors (Lipinski definition) is 2. The Morgan fingerprint density at radius 2 is 1.77 bits per heavy atom. The summed E-state index contributed by atoms with van der Waals surface area (Å²) in [7, 11) is 0. The summed E-state index contributed by atoms with van der Waals surface area (Å²) in [6, 6.07) is 21.2. The number of rotatable bonds is 8. The largest absolute Gasteiger partial charge is 0.355 e. The van der Waals surface area contributed by atoms with Crippen LogP contribution in [0.4, 0.5) is 0 Å². The predicted molar refractivity (Wildman–Crippen MR) is 122 cm³/mol. The van der Waals surface area contributed by atoms with Crippen LogP contribution >= 0.6 is 11.6 Å². The minimum atomic E-state index is -0.566. The van der Waals surface area contributed by atoms with Gasteiger partial charge >= 0.3 is 0 Å². The first-order valence-corrected chi connectivity index (χ1v) is 10.7. The zero-order valence-electron chi connectivity index (χ0n) is 17.4. The van der Waals surface area contributed by atoms with E-state index in [1.165, 1.54) is 0 Å². The van der Waals surface area contributed by atoms with Gasteiger partial charge in [-0.15, -0.1) is 0 Å². The highest BCUT2D eigenvalue weighted by Gasteiger charge is 2.25. The number of nitrogens with zero attached hydrogens (tertiary/aromatic N) is 1. The van der Waals surface area contributed by atoms with Gasteiger partial charge in [0.15, 0.2) is 0 Å². The van der Waals surface area contributed by atoms with Crippen LogP contribution in [0.15, 0.2) is 66.7 Å². The van der Waals surface area contributed by atoms with Crippen LogP contribution in [-0.4, -0.2) is 29.3 Å². The minimum absolute atomic E-state index is 0.0540. The van der Waals surface area contributed by atoms with Crippen LogP contribution in [0.25, 0.3) is 10.8 Å². The predicted octanol–water partition coefficient (Wildman–Crippen LogP) is 4.98. The second-order valence-electron chi connectivity index (χ2n) is 7.36. The second kappa shape index (κ2) is 10.3. The van der Waals surface area contributed by atoms with Crippen LogP contribution in [0.5, 0.6) is 0 Å². The lowest BCUT2D eigenvalue weighted by Crippen LogP contribution is -2.47. The molecule has 3 aromatic rings. The summed E-state index contributed by atoms with van der Waals surface area (Å²) in [5.74, 6) is -0.209. The molecule has 0 radical (unpaired) electrons. The van der Waals surface area contributed by atoms with Gasteiger partial charge in [-0.3, -0.25) is 9.59 Å². The summed E-state index contributed by atoms with van der Waals surface area (Å²) in [4.78, 5) is 27.3. The lowest BCUT2D eigenvalue weighted by molar-refractivity contribution is -0.140. The van der Waals surface area contributed by atoms with Crippen molar-refractivity contribution < 1.29 is 9.59 Å². The van der Waals surface area contributed by atoms with E-state index in [9.17, 15) is 9.59 Å². The van der Waals surface area contributed by atoms with Gasteiger partial charge in [-0.05, 0) is 54.3 Å². The van der Waals surface area contributed by atoms with E-state index in [0.29, 0.717) is 31.0 Å². The van der Waals surface area contributed by atoms with E-state index in [2.05, 4.69) is 29.6 Å². The fourth-order valence-corrected chi connectivity index (χ4v) is 3.85. The third-order valence-electron chi connectivity index (χ3n) is 5.25. The summed E-state index contributed by atoms with van der Waals surface area (Å²) in [6.45, 7) is 4.51.